The molecule has 0 radical (unpaired) electrons. The van der Waals surface area contributed by atoms with Crippen LogP contribution in [0.2, 0.25) is 0 Å². The first-order valence-corrected chi connectivity index (χ1v) is 5.11. The molecule has 0 bridgehead atoms. The third-order valence-corrected chi connectivity index (χ3v) is 2.66. The van der Waals surface area contributed by atoms with Crippen LogP contribution in [0, 0.1) is 5.92 Å². The molecule has 0 saturated heterocycles. The third kappa shape index (κ3) is 2.63. The van der Waals surface area contributed by atoms with E-state index in [4.69, 9.17) is 0 Å². The zero-order valence-electron chi connectivity index (χ0n) is 8.21. The summed E-state index contributed by atoms with van der Waals surface area (Å²) in [6.45, 7) is 4.40. The van der Waals surface area contributed by atoms with Crippen molar-refractivity contribution in [3.8, 4) is 0 Å². The van der Waals surface area contributed by atoms with Gasteiger partial charge in [-0.25, -0.2) is 0 Å². The number of hydrogen-bond acceptors (Lipinski definition) is 1. The lowest BCUT2D eigenvalue weighted by molar-refractivity contribution is 0.166. The summed E-state index contributed by atoms with van der Waals surface area (Å²) >= 11 is 0. The van der Waals surface area contributed by atoms with Crippen LogP contribution in [-0.4, -0.2) is 11.2 Å². The van der Waals surface area contributed by atoms with Crippen molar-refractivity contribution in [2.24, 2.45) is 5.92 Å². The number of hydrogen-bond donors (Lipinski definition) is 1. The SMILES string of the molecule is CCCCC1=CCC(C)CC1O. The van der Waals surface area contributed by atoms with Gasteiger partial charge in [0.1, 0.15) is 0 Å². The lowest BCUT2D eigenvalue weighted by Crippen LogP contribution is -2.18. The van der Waals surface area contributed by atoms with E-state index in [1.54, 1.807) is 0 Å². The standard InChI is InChI=1S/C11H20O/c1-3-4-5-10-7-6-9(2)8-11(10)12/h7,9,11-12H,3-6,8H2,1-2H3. The zero-order valence-corrected chi connectivity index (χ0v) is 8.21. The first kappa shape index (κ1) is 9.79. The molecule has 0 heterocycles. The number of allylic oxidation sites excluding steroid dienone is 1. The van der Waals surface area contributed by atoms with Crippen LogP contribution in [0.15, 0.2) is 11.6 Å². The fourth-order valence-corrected chi connectivity index (χ4v) is 1.77. The maximum absolute atomic E-state index is 9.70. The van der Waals surface area contributed by atoms with Gasteiger partial charge in [0.05, 0.1) is 6.10 Å². The summed E-state index contributed by atoms with van der Waals surface area (Å²) in [6, 6.07) is 0. The summed E-state index contributed by atoms with van der Waals surface area (Å²) in [7, 11) is 0. The van der Waals surface area contributed by atoms with Gasteiger partial charge in [0.2, 0.25) is 0 Å². The van der Waals surface area contributed by atoms with Crippen LogP contribution in [0.4, 0.5) is 0 Å². The highest BCUT2D eigenvalue weighted by molar-refractivity contribution is 5.11. The fourth-order valence-electron chi connectivity index (χ4n) is 1.77. The molecular formula is C11H20O. The second-order valence-corrected chi connectivity index (χ2v) is 3.97. The molecule has 0 aromatic rings. The predicted octanol–water partition coefficient (Wildman–Crippen LogP) is 2.89. The van der Waals surface area contributed by atoms with Gasteiger partial charge in [-0.15, -0.1) is 0 Å². The van der Waals surface area contributed by atoms with E-state index in [0.717, 1.165) is 19.3 Å². The van der Waals surface area contributed by atoms with Crippen LogP contribution in [0.25, 0.3) is 0 Å². The van der Waals surface area contributed by atoms with E-state index in [2.05, 4.69) is 19.9 Å². The van der Waals surface area contributed by atoms with Gasteiger partial charge in [-0.05, 0) is 37.2 Å². The molecule has 0 aliphatic heterocycles. The summed E-state index contributed by atoms with van der Waals surface area (Å²) in [6.07, 6.45) is 7.78. The number of rotatable bonds is 3. The minimum absolute atomic E-state index is 0.139. The van der Waals surface area contributed by atoms with Gasteiger partial charge in [-0.1, -0.05) is 26.3 Å². The molecule has 0 aromatic heterocycles. The molecule has 0 fully saturated rings. The van der Waals surface area contributed by atoms with Crippen molar-refractivity contribution < 1.29 is 5.11 Å². The minimum atomic E-state index is -0.139. The van der Waals surface area contributed by atoms with Gasteiger partial charge in [0.15, 0.2) is 0 Å². The summed E-state index contributed by atoms with van der Waals surface area (Å²) in [5, 5.41) is 9.70. The van der Waals surface area contributed by atoms with Gasteiger partial charge in [0, 0.05) is 0 Å². The van der Waals surface area contributed by atoms with Crippen LogP contribution in [0.1, 0.15) is 46.0 Å². The van der Waals surface area contributed by atoms with Crippen molar-refractivity contribution in [1.29, 1.82) is 0 Å². The van der Waals surface area contributed by atoms with Crippen LogP contribution in [0.5, 0.6) is 0 Å². The monoisotopic (exact) mass is 168 g/mol. The van der Waals surface area contributed by atoms with Crippen molar-refractivity contribution in [3.63, 3.8) is 0 Å². The Morgan fingerprint density at radius 1 is 1.58 bits per heavy atom. The van der Waals surface area contributed by atoms with E-state index in [9.17, 15) is 5.11 Å². The highest BCUT2D eigenvalue weighted by atomic mass is 16.3. The molecule has 0 saturated carbocycles. The highest BCUT2D eigenvalue weighted by Gasteiger charge is 2.18. The molecule has 1 aliphatic carbocycles. The van der Waals surface area contributed by atoms with Crippen LogP contribution >= 0.6 is 0 Å². The molecule has 70 valence electrons. The Morgan fingerprint density at radius 2 is 2.33 bits per heavy atom. The number of aliphatic hydroxyl groups is 1. The quantitative estimate of drug-likeness (QED) is 0.642. The van der Waals surface area contributed by atoms with Crippen molar-refractivity contribution >= 4 is 0 Å². The van der Waals surface area contributed by atoms with Crippen LogP contribution < -0.4 is 0 Å². The molecule has 0 spiro atoms. The molecule has 2 atom stereocenters. The maximum Gasteiger partial charge on any atom is 0.0752 e. The van der Waals surface area contributed by atoms with E-state index < -0.39 is 0 Å². The largest absolute Gasteiger partial charge is 0.389 e. The average molecular weight is 168 g/mol. The highest BCUT2D eigenvalue weighted by Crippen LogP contribution is 2.26. The van der Waals surface area contributed by atoms with Gasteiger partial charge in [-0.3, -0.25) is 0 Å². The molecule has 0 amide bonds. The van der Waals surface area contributed by atoms with Gasteiger partial charge in [-0.2, -0.15) is 0 Å². The average Bonchev–Trinajstić information content (AvgIpc) is 2.03. The predicted molar refractivity (Wildman–Crippen MR) is 52.0 cm³/mol. The van der Waals surface area contributed by atoms with E-state index >= 15 is 0 Å². The van der Waals surface area contributed by atoms with Crippen molar-refractivity contribution in [2.75, 3.05) is 0 Å². The van der Waals surface area contributed by atoms with Crippen LogP contribution in [-0.2, 0) is 0 Å². The molecule has 12 heavy (non-hydrogen) atoms. The molecule has 2 unspecified atom stereocenters. The molecule has 1 aliphatic rings. The summed E-state index contributed by atoms with van der Waals surface area (Å²) in [5.74, 6) is 0.672. The smallest absolute Gasteiger partial charge is 0.0752 e. The zero-order chi connectivity index (χ0) is 8.97. The molecular weight excluding hydrogens is 148 g/mol. The first-order chi connectivity index (χ1) is 5.74. The summed E-state index contributed by atoms with van der Waals surface area (Å²) in [4.78, 5) is 0. The van der Waals surface area contributed by atoms with Crippen molar-refractivity contribution in [2.45, 2.75) is 52.1 Å². The van der Waals surface area contributed by atoms with E-state index in [1.807, 2.05) is 0 Å². The maximum atomic E-state index is 9.70. The summed E-state index contributed by atoms with van der Waals surface area (Å²) < 4.78 is 0. The lowest BCUT2D eigenvalue weighted by Gasteiger charge is -2.23. The van der Waals surface area contributed by atoms with E-state index in [1.165, 1.54) is 18.4 Å². The Hall–Kier alpha value is -0.300. The van der Waals surface area contributed by atoms with E-state index in [-0.39, 0.29) is 6.10 Å². The van der Waals surface area contributed by atoms with Crippen LogP contribution in [0.3, 0.4) is 0 Å². The summed E-state index contributed by atoms with van der Waals surface area (Å²) in [5.41, 5.74) is 1.29. The molecule has 1 rings (SSSR count). The first-order valence-electron chi connectivity index (χ1n) is 5.11. The Labute approximate surface area is 75.5 Å². The molecule has 1 N–H and O–H groups in total. The number of unbranched alkanes of at least 4 members (excludes halogenated alkanes) is 1. The molecule has 0 aromatic carbocycles. The fraction of sp³-hybridized carbons (Fsp3) is 0.818. The van der Waals surface area contributed by atoms with Crippen molar-refractivity contribution in [3.05, 3.63) is 11.6 Å². The Balaban J connectivity index is 2.41. The van der Waals surface area contributed by atoms with Gasteiger partial charge >= 0.3 is 0 Å². The van der Waals surface area contributed by atoms with Gasteiger partial charge < -0.3 is 5.11 Å². The number of aliphatic hydroxyl groups excluding tert-OH is 1. The molecule has 1 heteroatoms. The molecule has 1 nitrogen and oxygen atoms in total. The second kappa shape index (κ2) is 4.66. The Kier molecular flexibility index (Phi) is 3.80. The normalized spacial score (nSPS) is 30.1. The van der Waals surface area contributed by atoms with Crippen molar-refractivity contribution in [1.82, 2.24) is 0 Å². The topological polar surface area (TPSA) is 20.2 Å². The Bertz CT molecular complexity index is 160. The lowest BCUT2D eigenvalue weighted by atomic mass is 9.86. The minimum Gasteiger partial charge on any atom is -0.389 e. The Morgan fingerprint density at radius 3 is 2.92 bits per heavy atom. The van der Waals surface area contributed by atoms with Gasteiger partial charge in [0.25, 0.3) is 0 Å². The third-order valence-electron chi connectivity index (χ3n) is 2.66. The van der Waals surface area contributed by atoms with E-state index in [0.29, 0.717) is 5.92 Å². The second-order valence-electron chi connectivity index (χ2n) is 3.97.